The molecule has 0 fully saturated rings. The Morgan fingerprint density at radius 3 is 1.80 bits per heavy atom. The summed E-state index contributed by atoms with van der Waals surface area (Å²) in [5.41, 5.74) is 1.63. The molecule has 4 heteroatoms. The van der Waals surface area contributed by atoms with Crippen LogP contribution in [0.5, 0.6) is 0 Å². The molecule has 60 valence electrons. The summed E-state index contributed by atoms with van der Waals surface area (Å²) in [6.07, 6.45) is 0. The van der Waals surface area contributed by atoms with Crippen molar-refractivity contribution in [1.82, 2.24) is 0 Å². The predicted molar refractivity (Wildman–Crippen MR) is 40.5 cm³/mol. The minimum Gasteiger partial charge on any atom is -0.285 e. The van der Waals surface area contributed by atoms with Crippen LogP contribution < -0.4 is 0 Å². The van der Waals surface area contributed by atoms with Gasteiger partial charge in [0.2, 0.25) is 0 Å². The van der Waals surface area contributed by atoms with Crippen LogP contribution >= 0.6 is 0 Å². The molecule has 0 rings (SSSR count). The summed E-state index contributed by atoms with van der Waals surface area (Å²) >= 11 is 0. The lowest BCUT2D eigenvalue weighted by Crippen LogP contribution is -2.05. The molecule has 0 spiro atoms. The Labute approximate surface area is 61.5 Å². The second-order valence-electron chi connectivity index (χ2n) is 2.51. The summed E-state index contributed by atoms with van der Waals surface area (Å²) in [5.74, 6) is -0.255. The first-order valence-electron chi connectivity index (χ1n) is 2.91. The second kappa shape index (κ2) is 3.16. The lowest BCUT2D eigenvalue weighted by Gasteiger charge is -1.99. The standard InChI is InChI=1S/C6H12O3S/c1-5(2)6(3)4-10(7,8)9/h4H2,1-3H3,(H,7,8,9). The maximum Gasteiger partial charge on any atom is 0.268 e. The highest BCUT2D eigenvalue weighted by molar-refractivity contribution is 7.85. The monoisotopic (exact) mass is 164 g/mol. The first-order valence-corrected chi connectivity index (χ1v) is 4.52. The van der Waals surface area contributed by atoms with Crippen molar-refractivity contribution in [2.24, 2.45) is 0 Å². The minimum absolute atomic E-state index is 0.255. The third kappa shape index (κ3) is 4.52. The van der Waals surface area contributed by atoms with Crippen LogP contribution in [0.25, 0.3) is 0 Å². The summed E-state index contributed by atoms with van der Waals surface area (Å²) in [6.45, 7) is 5.30. The molecule has 0 radical (unpaired) electrons. The molecule has 0 aliphatic carbocycles. The maximum atomic E-state index is 10.3. The number of rotatable bonds is 2. The molecule has 1 N–H and O–H groups in total. The van der Waals surface area contributed by atoms with Crippen molar-refractivity contribution in [1.29, 1.82) is 0 Å². The molecular weight excluding hydrogens is 152 g/mol. The molecule has 0 saturated heterocycles. The Kier molecular flexibility index (Phi) is 3.05. The van der Waals surface area contributed by atoms with E-state index in [4.69, 9.17) is 4.55 Å². The normalized spacial score (nSPS) is 11.2. The topological polar surface area (TPSA) is 54.4 Å². The maximum absolute atomic E-state index is 10.3. The van der Waals surface area contributed by atoms with Crippen LogP contribution in [0.15, 0.2) is 11.1 Å². The average Bonchev–Trinajstić information content (AvgIpc) is 1.60. The quantitative estimate of drug-likeness (QED) is 0.493. The van der Waals surface area contributed by atoms with Gasteiger partial charge in [-0.05, 0) is 20.8 Å². The van der Waals surface area contributed by atoms with E-state index in [9.17, 15) is 8.42 Å². The minimum atomic E-state index is -3.83. The molecule has 0 saturated carbocycles. The summed E-state index contributed by atoms with van der Waals surface area (Å²) < 4.78 is 28.9. The molecule has 0 aliphatic heterocycles. The van der Waals surface area contributed by atoms with Crippen molar-refractivity contribution < 1.29 is 13.0 Å². The fourth-order valence-corrected chi connectivity index (χ4v) is 1.25. The fraction of sp³-hybridized carbons (Fsp3) is 0.667. The Bertz CT molecular complexity index is 232. The van der Waals surface area contributed by atoms with E-state index in [1.165, 1.54) is 0 Å². The summed E-state index contributed by atoms with van der Waals surface area (Å²) in [6, 6.07) is 0. The van der Waals surface area contributed by atoms with Gasteiger partial charge in [0.05, 0.1) is 5.75 Å². The van der Waals surface area contributed by atoms with Gasteiger partial charge in [-0.1, -0.05) is 11.1 Å². The van der Waals surface area contributed by atoms with Gasteiger partial charge in [-0.15, -0.1) is 0 Å². The van der Waals surface area contributed by atoms with Gasteiger partial charge in [0, 0.05) is 0 Å². The van der Waals surface area contributed by atoms with E-state index in [1.807, 2.05) is 0 Å². The van der Waals surface area contributed by atoms with E-state index in [0.29, 0.717) is 5.57 Å². The zero-order chi connectivity index (χ0) is 8.36. The lowest BCUT2D eigenvalue weighted by molar-refractivity contribution is 0.485. The van der Waals surface area contributed by atoms with Gasteiger partial charge in [0.1, 0.15) is 0 Å². The molecule has 0 aliphatic rings. The Hall–Kier alpha value is -0.350. The van der Waals surface area contributed by atoms with Gasteiger partial charge in [0.25, 0.3) is 10.1 Å². The third-order valence-electron chi connectivity index (χ3n) is 1.25. The zero-order valence-corrected chi connectivity index (χ0v) is 7.20. The molecule has 0 amide bonds. The van der Waals surface area contributed by atoms with Crippen molar-refractivity contribution in [3.05, 3.63) is 11.1 Å². The molecule has 0 aromatic carbocycles. The Morgan fingerprint density at radius 2 is 1.70 bits per heavy atom. The van der Waals surface area contributed by atoms with Crippen molar-refractivity contribution in [3.8, 4) is 0 Å². The molecule has 0 atom stereocenters. The van der Waals surface area contributed by atoms with E-state index in [0.717, 1.165) is 5.57 Å². The van der Waals surface area contributed by atoms with Crippen LogP contribution in [0, 0.1) is 0 Å². The smallest absolute Gasteiger partial charge is 0.268 e. The van der Waals surface area contributed by atoms with Gasteiger partial charge in [-0.2, -0.15) is 8.42 Å². The first kappa shape index (κ1) is 9.65. The number of hydrogen-bond acceptors (Lipinski definition) is 2. The van der Waals surface area contributed by atoms with Crippen LogP contribution in [0.2, 0.25) is 0 Å². The predicted octanol–water partition coefficient (Wildman–Crippen LogP) is 1.23. The summed E-state index contributed by atoms with van der Waals surface area (Å²) in [7, 11) is -3.83. The van der Waals surface area contributed by atoms with Crippen LogP contribution in [0.1, 0.15) is 20.8 Å². The Balaban J connectivity index is 4.35. The van der Waals surface area contributed by atoms with Crippen molar-refractivity contribution in [2.45, 2.75) is 20.8 Å². The first-order chi connectivity index (χ1) is 4.33. The van der Waals surface area contributed by atoms with Crippen LogP contribution in [-0.4, -0.2) is 18.7 Å². The third-order valence-corrected chi connectivity index (χ3v) is 2.05. The molecule has 0 aromatic rings. The number of allylic oxidation sites excluding steroid dienone is 1. The summed E-state index contributed by atoms with van der Waals surface area (Å²) in [4.78, 5) is 0. The van der Waals surface area contributed by atoms with Crippen LogP contribution in [0.3, 0.4) is 0 Å². The second-order valence-corrected chi connectivity index (χ2v) is 3.96. The van der Waals surface area contributed by atoms with Crippen LogP contribution in [0.4, 0.5) is 0 Å². The van der Waals surface area contributed by atoms with Gasteiger partial charge in [0.15, 0.2) is 0 Å². The van der Waals surface area contributed by atoms with Gasteiger partial charge < -0.3 is 0 Å². The molecule has 0 unspecified atom stereocenters. The van der Waals surface area contributed by atoms with E-state index in [1.54, 1.807) is 20.8 Å². The van der Waals surface area contributed by atoms with Gasteiger partial charge in [-0.3, -0.25) is 4.55 Å². The lowest BCUT2D eigenvalue weighted by atomic mass is 10.2. The zero-order valence-electron chi connectivity index (χ0n) is 6.38. The van der Waals surface area contributed by atoms with Crippen molar-refractivity contribution >= 4 is 10.1 Å². The van der Waals surface area contributed by atoms with Crippen molar-refractivity contribution in [3.63, 3.8) is 0 Å². The molecule has 10 heavy (non-hydrogen) atoms. The fourth-order valence-electron chi connectivity index (χ4n) is 0.418. The summed E-state index contributed by atoms with van der Waals surface area (Å²) in [5, 5.41) is 0. The number of hydrogen-bond donors (Lipinski definition) is 1. The van der Waals surface area contributed by atoms with Crippen molar-refractivity contribution in [2.75, 3.05) is 5.75 Å². The molecular formula is C6H12O3S. The highest BCUT2D eigenvalue weighted by atomic mass is 32.2. The molecule has 0 aromatic heterocycles. The SMILES string of the molecule is CC(C)=C(C)CS(=O)(=O)O. The largest absolute Gasteiger partial charge is 0.285 e. The van der Waals surface area contributed by atoms with E-state index >= 15 is 0 Å². The van der Waals surface area contributed by atoms with E-state index < -0.39 is 10.1 Å². The molecule has 0 heterocycles. The van der Waals surface area contributed by atoms with E-state index in [-0.39, 0.29) is 5.75 Å². The van der Waals surface area contributed by atoms with Crippen LogP contribution in [-0.2, 0) is 10.1 Å². The highest BCUT2D eigenvalue weighted by Gasteiger charge is 2.05. The Morgan fingerprint density at radius 1 is 1.30 bits per heavy atom. The molecule has 3 nitrogen and oxygen atoms in total. The molecule has 0 bridgehead atoms. The average molecular weight is 164 g/mol. The van der Waals surface area contributed by atoms with Gasteiger partial charge >= 0.3 is 0 Å². The van der Waals surface area contributed by atoms with E-state index in [2.05, 4.69) is 0 Å². The van der Waals surface area contributed by atoms with Gasteiger partial charge in [-0.25, -0.2) is 0 Å². The highest BCUT2D eigenvalue weighted by Crippen LogP contribution is 2.03.